The molecule has 1 aliphatic heterocycles. The number of hydrogen-bond donors (Lipinski definition) is 2. The molecule has 0 spiro atoms. The predicted octanol–water partition coefficient (Wildman–Crippen LogP) is 1.96. The summed E-state index contributed by atoms with van der Waals surface area (Å²) in [6.07, 6.45) is 1.36. The summed E-state index contributed by atoms with van der Waals surface area (Å²) in [6.45, 7) is 1.06. The second-order valence-corrected chi connectivity index (χ2v) is 6.59. The third kappa shape index (κ3) is 5.56. The molecule has 0 bridgehead atoms. The summed E-state index contributed by atoms with van der Waals surface area (Å²) in [5.74, 6) is -0.105. The van der Waals surface area contributed by atoms with Gasteiger partial charge >= 0.3 is 0 Å². The molecule has 3 rings (SSSR count). The van der Waals surface area contributed by atoms with Crippen LogP contribution in [0, 0.1) is 0 Å². The Balaban J connectivity index is 1.54. The van der Waals surface area contributed by atoms with Gasteiger partial charge in [0.25, 0.3) is 0 Å². The van der Waals surface area contributed by atoms with E-state index in [4.69, 9.17) is 15.2 Å². The highest BCUT2D eigenvalue weighted by molar-refractivity contribution is 5.88. The van der Waals surface area contributed by atoms with Crippen molar-refractivity contribution in [2.75, 3.05) is 6.61 Å². The van der Waals surface area contributed by atoms with Gasteiger partial charge in [-0.3, -0.25) is 9.59 Å². The van der Waals surface area contributed by atoms with Crippen LogP contribution in [-0.2, 0) is 27.4 Å². The molecule has 0 unspecified atom stereocenters. The van der Waals surface area contributed by atoms with Gasteiger partial charge in [-0.05, 0) is 36.1 Å². The molecule has 2 aromatic rings. The van der Waals surface area contributed by atoms with Gasteiger partial charge in [-0.2, -0.15) is 0 Å². The first-order valence-corrected chi connectivity index (χ1v) is 9.09. The highest BCUT2D eigenvalue weighted by Gasteiger charge is 2.27. The highest BCUT2D eigenvalue weighted by Crippen LogP contribution is 2.16. The summed E-state index contributed by atoms with van der Waals surface area (Å²) in [5.41, 5.74) is 7.43. The second kappa shape index (κ2) is 9.19. The lowest BCUT2D eigenvalue weighted by molar-refractivity contribution is -0.133. The van der Waals surface area contributed by atoms with Gasteiger partial charge in [0.2, 0.25) is 11.8 Å². The van der Waals surface area contributed by atoms with E-state index in [0.29, 0.717) is 26.1 Å². The number of carbonyl (C=O) groups is 2. The molecule has 27 heavy (non-hydrogen) atoms. The van der Waals surface area contributed by atoms with Crippen LogP contribution in [0.5, 0.6) is 5.75 Å². The SMILES string of the molecule is NC(=O)[C@@H](Cc1ccc(OCc2ccccc2)cc1)NC(=O)[C@@H]1CCCO1. The predicted molar refractivity (Wildman–Crippen MR) is 101 cm³/mol. The van der Waals surface area contributed by atoms with Crippen LogP contribution >= 0.6 is 0 Å². The number of nitrogens with one attached hydrogen (secondary N) is 1. The first-order chi connectivity index (χ1) is 13.1. The van der Waals surface area contributed by atoms with Crippen LogP contribution < -0.4 is 15.8 Å². The van der Waals surface area contributed by atoms with Crippen molar-refractivity contribution in [3.63, 3.8) is 0 Å². The molecule has 0 aliphatic carbocycles. The molecule has 2 atom stereocenters. The second-order valence-electron chi connectivity index (χ2n) is 6.59. The summed E-state index contributed by atoms with van der Waals surface area (Å²) in [7, 11) is 0. The third-order valence-electron chi connectivity index (χ3n) is 4.49. The normalized spacial score (nSPS) is 17.3. The molecule has 2 aromatic carbocycles. The van der Waals surface area contributed by atoms with E-state index in [1.165, 1.54) is 0 Å². The van der Waals surface area contributed by atoms with Crippen LogP contribution in [0.2, 0.25) is 0 Å². The standard InChI is InChI=1S/C21H24N2O4/c22-20(24)18(23-21(25)19-7-4-12-26-19)13-15-8-10-17(11-9-15)27-14-16-5-2-1-3-6-16/h1-3,5-6,8-11,18-19H,4,7,12-14H2,(H2,22,24)(H,23,25)/t18-,19+/m1/s1. The first kappa shape index (κ1) is 18.9. The van der Waals surface area contributed by atoms with Gasteiger partial charge in [0, 0.05) is 13.0 Å². The molecule has 6 heteroatoms. The van der Waals surface area contributed by atoms with E-state index in [1.807, 2.05) is 54.6 Å². The Kier molecular flexibility index (Phi) is 6.44. The fourth-order valence-corrected chi connectivity index (χ4v) is 2.97. The minimum Gasteiger partial charge on any atom is -0.489 e. The number of benzene rings is 2. The summed E-state index contributed by atoms with van der Waals surface area (Å²) < 4.78 is 11.1. The van der Waals surface area contributed by atoms with Gasteiger partial charge in [-0.25, -0.2) is 0 Å². The lowest BCUT2D eigenvalue weighted by Crippen LogP contribution is -2.49. The van der Waals surface area contributed by atoms with Gasteiger partial charge in [-0.1, -0.05) is 42.5 Å². The molecule has 142 valence electrons. The van der Waals surface area contributed by atoms with Crippen molar-refractivity contribution in [2.45, 2.75) is 38.0 Å². The van der Waals surface area contributed by atoms with Crippen molar-refractivity contribution in [2.24, 2.45) is 5.73 Å². The Bertz CT molecular complexity index is 756. The fraction of sp³-hybridized carbons (Fsp3) is 0.333. The number of carbonyl (C=O) groups excluding carboxylic acids is 2. The van der Waals surface area contributed by atoms with E-state index < -0.39 is 18.1 Å². The number of rotatable bonds is 8. The smallest absolute Gasteiger partial charge is 0.249 e. The zero-order valence-corrected chi connectivity index (χ0v) is 15.1. The van der Waals surface area contributed by atoms with Crippen molar-refractivity contribution >= 4 is 11.8 Å². The maximum atomic E-state index is 12.2. The Hall–Kier alpha value is -2.86. The van der Waals surface area contributed by atoms with Crippen LogP contribution in [0.1, 0.15) is 24.0 Å². The first-order valence-electron chi connectivity index (χ1n) is 9.09. The zero-order valence-electron chi connectivity index (χ0n) is 15.1. The van der Waals surface area contributed by atoms with Crippen LogP contribution in [0.15, 0.2) is 54.6 Å². The van der Waals surface area contributed by atoms with Crippen molar-refractivity contribution in [3.8, 4) is 5.75 Å². The molecular weight excluding hydrogens is 344 g/mol. The highest BCUT2D eigenvalue weighted by atomic mass is 16.5. The molecule has 1 fully saturated rings. The van der Waals surface area contributed by atoms with Gasteiger partial charge in [0.1, 0.15) is 24.5 Å². The monoisotopic (exact) mass is 368 g/mol. The van der Waals surface area contributed by atoms with E-state index in [-0.39, 0.29) is 5.91 Å². The largest absolute Gasteiger partial charge is 0.489 e. The molecule has 1 saturated heterocycles. The van der Waals surface area contributed by atoms with Crippen LogP contribution in [0.3, 0.4) is 0 Å². The van der Waals surface area contributed by atoms with Crippen molar-refractivity contribution in [1.29, 1.82) is 0 Å². The van der Waals surface area contributed by atoms with Crippen LogP contribution in [0.25, 0.3) is 0 Å². The molecule has 1 heterocycles. The maximum absolute atomic E-state index is 12.2. The van der Waals surface area contributed by atoms with Crippen molar-refractivity contribution < 1.29 is 19.1 Å². The molecule has 0 aromatic heterocycles. The topological polar surface area (TPSA) is 90.7 Å². The van der Waals surface area contributed by atoms with Crippen molar-refractivity contribution in [1.82, 2.24) is 5.32 Å². The van der Waals surface area contributed by atoms with E-state index in [1.54, 1.807) is 0 Å². The molecule has 6 nitrogen and oxygen atoms in total. The lowest BCUT2D eigenvalue weighted by Gasteiger charge is -2.18. The molecule has 2 amide bonds. The quantitative estimate of drug-likeness (QED) is 0.745. The van der Waals surface area contributed by atoms with E-state index >= 15 is 0 Å². The molecule has 1 aliphatic rings. The number of amides is 2. The van der Waals surface area contributed by atoms with Gasteiger partial charge in [-0.15, -0.1) is 0 Å². The van der Waals surface area contributed by atoms with Crippen molar-refractivity contribution in [3.05, 3.63) is 65.7 Å². The fourth-order valence-electron chi connectivity index (χ4n) is 2.97. The Morgan fingerprint density at radius 2 is 1.85 bits per heavy atom. The zero-order chi connectivity index (χ0) is 19.1. The number of ether oxygens (including phenoxy) is 2. The Morgan fingerprint density at radius 3 is 2.48 bits per heavy atom. The van der Waals surface area contributed by atoms with Crippen LogP contribution in [0.4, 0.5) is 0 Å². The molecule has 3 N–H and O–H groups in total. The van der Waals surface area contributed by atoms with Gasteiger partial charge < -0.3 is 20.5 Å². The third-order valence-corrected chi connectivity index (χ3v) is 4.49. The Labute approximate surface area is 158 Å². The summed E-state index contributed by atoms with van der Waals surface area (Å²) in [6, 6.07) is 16.6. The summed E-state index contributed by atoms with van der Waals surface area (Å²) in [4.78, 5) is 23.9. The average molecular weight is 368 g/mol. The molecule has 0 radical (unpaired) electrons. The Morgan fingerprint density at radius 1 is 1.11 bits per heavy atom. The number of hydrogen-bond acceptors (Lipinski definition) is 4. The minimum atomic E-state index is -0.766. The maximum Gasteiger partial charge on any atom is 0.249 e. The summed E-state index contributed by atoms with van der Waals surface area (Å²) in [5, 5.41) is 2.70. The summed E-state index contributed by atoms with van der Waals surface area (Å²) >= 11 is 0. The lowest BCUT2D eigenvalue weighted by atomic mass is 10.0. The minimum absolute atomic E-state index is 0.279. The molecule has 0 saturated carbocycles. The molecular formula is C21H24N2O4. The van der Waals surface area contributed by atoms with Gasteiger partial charge in [0.15, 0.2) is 0 Å². The van der Waals surface area contributed by atoms with Crippen LogP contribution in [-0.4, -0.2) is 30.6 Å². The number of nitrogens with two attached hydrogens (primary N) is 1. The van der Waals surface area contributed by atoms with E-state index in [2.05, 4.69) is 5.32 Å². The number of primary amides is 1. The van der Waals surface area contributed by atoms with E-state index in [0.717, 1.165) is 23.3 Å². The van der Waals surface area contributed by atoms with E-state index in [9.17, 15) is 9.59 Å². The van der Waals surface area contributed by atoms with Gasteiger partial charge in [0.05, 0.1) is 0 Å². The average Bonchev–Trinajstić information content (AvgIpc) is 3.22.